The fourth-order valence-electron chi connectivity index (χ4n) is 2.05. The first-order valence-electron chi connectivity index (χ1n) is 6.90. The maximum absolute atomic E-state index is 12.0. The zero-order chi connectivity index (χ0) is 15.2. The van der Waals surface area contributed by atoms with E-state index < -0.39 is 0 Å². The van der Waals surface area contributed by atoms with Gasteiger partial charge in [-0.25, -0.2) is 4.68 Å². The molecule has 1 heterocycles. The maximum Gasteiger partial charge on any atom is 0.271 e. The van der Waals surface area contributed by atoms with Gasteiger partial charge in [-0.3, -0.25) is 4.79 Å². The van der Waals surface area contributed by atoms with Crippen molar-refractivity contribution < 1.29 is 4.74 Å². The summed E-state index contributed by atoms with van der Waals surface area (Å²) in [4.78, 5) is 12.0. The van der Waals surface area contributed by atoms with Gasteiger partial charge in [0.15, 0.2) is 0 Å². The third-order valence-corrected chi connectivity index (χ3v) is 3.08. The molecule has 0 atom stereocenters. The third kappa shape index (κ3) is 3.29. The van der Waals surface area contributed by atoms with Crippen LogP contribution in [0.2, 0.25) is 0 Å². The number of ether oxygens (including phenoxy) is 1. The molecule has 0 aliphatic carbocycles. The Morgan fingerprint density at radius 2 is 2.00 bits per heavy atom. The minimum atomic E-state index is -0.200. The Morgan fingerprint density at radius 1 is 1.29 bits per heavy atom. The third-order valence-electron chi connectivity index (χ3n) is 3.08. The van der Waals surface area contributed by atoms with Crippen molar-refractivity contribution in [2.45, 2.75) is 26.8 Å². The lowest BCUT2D eigenvalue weighted by Crippen LogP contribution is -2.25. The Balaban J connectivity index is 2.45. The van der Waals surface area contributed by atoms with E-state index in [-0.39, 0.29) is 12.0 Å². The number of hydrogen-bond acceptors (Lipinski definition) is 4. The first-order chi connectivity index (χ1) is 10.2. The molecule has 0 amide bonds. The van der Waals surface area contributed by atoms with E-state index in [9.17, 15) is 4.79 Å². The van der Waals surface area contributed by atoms with Crippen molar-refractivity contribution in [3.8, 4) is 23.1 Å². The Bertz CT molecular complexity index is 712. The molecule has 0 radical (unpaired) electrons. The Labute approximate surface area is 123 Å². The Kier molecular flexibility index (Phi) is 4.72. The second-order valence-corrected chi connectivity index (χ2v) is 4.47. The highest BCUT2D eigenvalue weighted by Crippen LogP contribution is 2.20. The van der Waals surface area contributed by atoms with Crippen LogP contribution in [-0.2, 0) is 13.0 Å². The zero-order valence-electron chi connectivity index (χ0n) is 12.2. The maximum atomic E-state index is 12.0. The van der Waals surface area contributed by atoms with Crippen molar-refractivity contribution in [2.75, 3.05) is 6.61 Å². The van der Waals surface area contributed by atoms with Gasteiger partial charge in [-0.15, -0.1) is 0 Å². The van der Waals surface area contributed by atoms with Crippen LogP contribution in [0, 0.1) is 11.3 Å². The summed E-state index contributed by atoms with van der Waals surface area (Å²) >= 11 is 0. The molecule has 1 aromatic heterocycles. The smallest absolute Gasteiger partial charge is 0.271 e. The molecule has 0 unspecified atom stereocenters. The number of nitriles is 1. The minimum Gasteiger partial charge on any atom is -0.494 e. The summed E-state index contributed by atoms with van der Waals surface area (Å²) in [5.41, 5.74) is 1.84. The average molecular weight is 283 g/mol. The van der Waals surface area contributed by atoms with E-state index in [1.54, 1.807) is 6.07 Å². The highest BCUT2D eigenvalue weighted by atomic mass is 16.5. The van der Waals surface area contributed by atoms with Crippen molar-refractivity contribution in [1.29, 1.82) is 5.26 Å². The zero-order valence-corrected chi connectivity index (χ0v) is 12.2. The van der Waals surface area contributed by atoms with Gasteiger partial charge < -0.3 is 4.74 Å². The summed E-state index contributed by atoms with van der Waals surface area (Å²) in [5, 5.41) is 13.2. The lowest BCUT2D eigenvalue weighted by molar-refractivity contribution is 0.340. The van der Waals surface area contributed by atoms with Gasteiger partial charge in [0, 0.05) is 17.7 Å². The average Bonchev–Trinajstić information content (AvgIpc) is 2.51. The predicted molar refractivity (Wildman–Crippen MR) is 80.1 cm³/mol. The highest BCUT2D eigenvalue weighted by Gasteiger charge is 2.09. The number of aromatic nitrogens is 2. The molecule has 0 spiro atoms. The summed E-state index contributed by atoms with van der Waals surface area (Å²) in [7, 11) is 0. The molecule has 5 heteroatoms. The van der Waals surface area contributed by atoms with Crippen LogP contribution in [0.1, 0.15) is 19.4 Å². The van der Waals surface area contributed by atoms with E-state index in [0.29, 0.717) is 24.4 Å². The van der Waals surface area contributed by atoms with Crippen LogP contribution < -0.4 is 10.3 Å². The molecule has 5 nitrogen and oxygen atoms in total. The SMILES string of the molecule is CCOc1ccc(-c2cc(CC#N)c(=O)n(CC)n2)cc1. The van der Waals surface area contributed by atoms with Crippen LogP contribution in [0.3, 0.4) is 0 Å². The predicted octanol–water partition coefficient (Wildman–Crippen LogP) is 2.39. The fraction of sp³-hybridized carbons (Fsp3) is 0.312. The monoisotopic (exact) mass is 283 g/mol. The standard InChI is InChI=1S/C16H17N3O2/c1-3-19-16(20)13(9-10-17)11-15(18-19)12-5-7-14(8-6-12)21-4-2/h5-8,11H,3-4,9H2,1-2H3. The minimum absolute atomic E-state index is 0.0887. The van der Waals surface area contributed by atoms with Gasteiger partial charge in [0.05, 0.1) is 24.8 Å². The van der Waals surface area contributed by atoms with E-state index in [2.05, 4.69) is 5.10 Å². The summed E-state index contributed by atoms with van der Waals surface area (Å²) in [5.74, 6) is 0.794. The van der Waals surface area contributed by atoms with Gasteiger partial charge in [0.2, 0.25) is 0 Å². The fourth-order valence-corrected chi connectivity index (χ4v) is 2.05. The van der Waals surface area contributed by atoms with E-state index in [0.717, 1.165) is 11.3 Å². The number of nitrogens with zero attached hydrogens (tertiary/aromatic N) is 3. The van der Waals surface area contributed by atoms with Crippen LogP contribution in [0.4, 0.5) is 0 Å². The van der Waals surface area contributed by atoms with E-state index in [1.165, 1.54) is 4.68 Å². The van der Waals surface area contributed by atoms with Gasteiger partial charge in [-0.2, -0.15) is 10.4 Å². The van der Waals surface area contributed by atoms with Crippen LogP contribution >= 0.6 is 0 Å². The molecule has 0 bridgehead atoms. The molecule has 2 rings (SSSR count). The van der Waals surface area contributed by atoms with Crippen molar-refractivity contribution in [1.82, 2.24) is 9.78 Å². The topological polar surface area (TPSA) is 67.9 Å². The summed E-state index contributed by atoms with van der Waals surface area (Å²) in [6.07, 6.45) is 0.0887. The van der Waals surface area contributed by atoms with Gasteiger partial charge in [0.25, 0.3) is 5.56 Å². The van der Waals surface area contributed by atoms with Crippen LogP contribution in [-0.4, -0.2) is 16.4 Å². The van der Waals surface area contributed by atoms with Crippen molar-refractivity contribution in [3.63, 3.8) is 0 Å². The Morgan fingerprint density at radius 3 is 2.57 bits per heavy atom. The molecule has 0 aliphatic heterocycles. The van der Waals surface area contributed by atoms with Gasteiger partial charge in [-0.05, 0) is 44.2 Å². The van der Waals surface area contributed by atoms with E-state index in [1.807, 2.05) is 44.2 Å². The Hall–Kier alpha value is -2.61. The molecule has 108 valence electrons. The second-order valence-electron chi connectivity index (χ2n) is 4.47. The first kappa shape index (κ1) is 14.8. The van der Waals surface area contributed by atoms with Crippen molar-refractivity contribution >= 4 is 0 Å². The van der Waals surface area contributed by atoms with E-state index >= 15 is 0 Å². The molecular weight excluding hydrogens is 266 g/mol. The summed E-state index contributed by atoms with van der Waals surface area (Å²) in [6, 6.07) is 11.2. The van der Waals surface area contributed by atoms with Crippen LogP contribution in [0.15, 0.2) is 35.1 Å². The lowest BCUT2D eigenvalue weighted by atomic mass is 10.1. The van der Waals surface area contributed by atoms with Crippen molar-refractivity contribution in [2.24, 2.45) is 0 Å². The number of rotatable bonds is 5. The van der Waals surface area contributed by atoms with Crippen LogP contribution in [0.25, 0.3) is 11.3 Å². The quantitative estimate of drug-likeness (QED) is 0.845. The molecule has 0 fully saturated rings. The van der Waals surface area contributed by atoms with Gasteiger partial charge in [0.1, 0.15) is 5.75 Å². The summed E-state index contributed by atoms with van der Waals surface area (Å²) < 4.78 is 6.79. The number of hydrogen-bond donors (Lipinski definition) is 0. The van der Waals surface area contributed by atoms with Crippen LogP contribution in [0.5, 0.6) is 5.75 Å². The molecule has 2 aromatic rings. The molecule has 0 saturated heterocycles. The molecule has 0 saturated carbocycles. The highest BCUT2D eigenvalue weighted by molar-refractivity contribution is 5.60. The number of aryl methyl sites for hydroxylation is 1. The largest absolute Gasteiger partial charge is 0.494 e. The van der Waals surface area contributed by atoms with Gasteiger partial charge in [-0.1, -0.05) is 0 Å². The normalized spacial score (nSPS) is 10.1. The van der Waals surface area contributed by atoms with E-state index in [4.69, 9.17) is 10.00 Å². The molecule has 0 aliphatic rings. The molecule has 21 heavy (non-hydrogen) atoms. The molecule has 0 N–H and O–H groups in total. The van der Waals surface area contributed by atoms with Crippen molar-refractivity contribution in [3.05, 3.63) is 46.2 Å². The second kappa shape index (κ2) is 6.71. The van der Waals surface area contributed by atoms with Gasteiger partial charge >= 0.3 is 0 Å². The first-order valence-corrected chi connectivity index (χ1v) is 6.90. The molecule has 1 aromatic carbocycles. The number of benzene rings is 1. The lowest BCUT2D eigenvalue weighted by Gasteiger charge is -2.08. The molecular formula is C16H17N3O2. The summed E-state index contributed by atoms with van der Waals surface area (Å²) in [6.45, 7) is 4.88.